The highest BCUT2D eigenvalue weighted by molar-refractivity contribution is 5.04. The smallest absolute Gasteiger partial charge is 0.136 e. The van der Waals surface area contributed by atoms with E-state index < -0.39 is 0 Å². The lowest BCUT2D eigenvalue weighted by atomic mass is 10.2. The van der Waals surface area contributed by atoms with Crippen molar-refractivity contribution in [3.63, 3.8) is 0 Å². The maximum atomic E-state index is 5.83. The number of nitrogens with one attached hydrogen (secondary N) is 2. The lowest BCUT2D eigenvalue weighted by Crippen LogP contribution is -2.42. The number of ether oxygens (including phenoxy) is 1. The Kier molecular flexibility index (Phi) is 5.36. The van der Waals surface area contributed by atoms with Crippen LogP contribution >= 0.6 is 0 Å². The van der Waals surface area contributed by atoms with Crippen molar-refractivity contribution in [3.05, 3.63) is 17.7 Å². The third kappa shape index (κ3) is 4.03. The highest BCUT2D eigenvalue weighted by Gasteiger charge is 2.25. The molecule has 1 aliphatic rings. The zero-order chi connectivity index (χ0) is 13.7. The summed E-state index contributed by atoms with van der Waals surface area (Å²) in [6.45, 7) is 11.2. The quantitative estimate of drug-likeness (QED) is 0.769. The molecule has 19 heavy (non-hydrogen) atoms. The van der Waals surface area contributed by atoms with Crippen LogP contribution in [0.5, 0.6) is 0 Å². The third-order valence-corrected chi connectivity index (χ3v) is 3.52. The predicted molar refractivity (Wildman–Crippen MR) is 76.0 cm³/mol. The van der Waals surface area contributed by atoms with Crippen LogP contribution in [0, 0.1) is 0 Å². The van der Waals surface area contributed by atoms with Gasteiger partial charge in [0, 0.05) is 37.6 Å². The molecule has 1 aliphatic heterocycles. The summed E-state index contributed by atoms with van der Waals surface area (Å²) in [5.41, 5.74) is 1.13. The van der Waals surface area contributed by atoms with Gasteiger partial charge in [-0.15, -0.1) is 0 Å². The van der Waals surface area contributed by atoms with Crippen LogP contribution < -0.4 is 5.32 Å². The minimum atomic E-state index is 0.0797. The molecule has 1 aromatic heterocycles. The highest BCUT2D eigenvalue weighted by atomic mass is 16.5. The minimum Gasteiger partial charge on any atom is -0.368 e. The Morgan fingerprint density at radius 1 is 1.58 bits per heavy atom. The fourth-order valence-electron chi connectivity index (χ4n) is 2.33. The molecule has 5 heteroatoms. The van der Waals surface area contributed by atoms with E-state index in [4.69, 9.17) is 4.74 Å². The second-order valence-electron chi connectivity index (χ2n) is 5.42. The van der Waals surface area contributed by atoms with E-state index in [-0.39, 0.29) is 6.10 Å². The van der Waals surface area contributed by atoms with Crippen LogP contribution in [0.15, 0.2) is 6.20 Å². The lowest BCUT2D eigenvalue weighted by Gasteiger charge is -2.34. The Morgan fingerprint density at radius 2 is 2.42 bits per heavy atom. The normalized spacial score (nSPS) is 21.2. The van der Waals surface area contributed by atoms with Gasteiger partial charge in [0.2, 0.25) is 0 Å². The summed E-state index contributed by atoms with van der Waals surface area (Å²) in [7, 11) is 0. The summed E-state index contributed by atoms with van der Waals surface area (Å²) >= 11 is 0. The molecule has 0 radical (unpaired) electrons. The number of hydrogen-bond donors (Lipinski definition) is 2. The Labute approximate surface area is 115 Å². The van der Waals surface area contributed by atoms with Gasteiger partial charge in [-0.2, -0.15) is 0 Å². The first kappa shape index (κ1) is 14.5. The molecular formula is C14H26N4O. The molecule has 2 rings (SSSR count). The molecule has 1 atom stereocenters. The molecule has 0 bridgehead atoms. The molecule has 0 saturated carbocycles. The summed E-state index contributed by atoms with van der Waals surface area (Å²) in [5, 5.41) is 3.37. The van der Waals surface area contributed by atoms with Gasteiger partial charge in [0.1, 0.15) is 11.9 Å². The molecule has 0 aromatic carbocycles. The number of aromatic nitrogens is 2. The minimum absolute atomic E-state index is 0.0797. The molecule has 1 fully saturated rings. The Balaban J connectivity index is 1.90. The van der Waals surface area contributed by atoms with Crippen molar-refractivity contribution < 1.29 is 4.74 Å². The van der Waals surface area contributed by atoms with Gasteiger partial charge >= 0.3 is 0 Å². The van der Waals surface area contributed by atoms with E-state index in [2.05, 4.69) is 41.0 Å². The fraction of sp³-hybridized carbons (Fsp3) is 0.786. The molecule has 1 unspecified atom stereocenters. The highest BCUT2D eigenvalue weighted by Crippen LogP contribution is 2.20. The van der Waals surface area contributed by atoms with Crippen LogP contribution in [0.1, 0.15) is 44.8 Å². The van der Waals surface area contributed by atoms with Gasteiger partial charge < -0.3 is 15.0 Å². The maximum Gasteiger partial charge on any atom is 0.136 e. The molecule has 1 aromatic rings. The molecule has 0 aliphatic carbocycles. The maximum absolute atomic E-state index is 5.83. The van der Waals surface area contributed by atoms with Crippen molar-refractivity contribution in [3.8, 4) is 0 Å². The molecule has 2 heterocycles. The first-order valence-corrected chi connectivity index (χ1v) is 7.30. The first-order chi connectivity index (χ1) is 9.20. The van der Waals surface area contributed by atoms with Crippen LogP contribution in [0.4, 0.5) is 0 Å². The second kappa shape index (κ2) is 7.03. The number of nitrogens with zero attached hydrogens (tertiary/aromatic N) is 2. The number of imidazole rings is 1. The van der Waals surface area contributed by atoms with E-state index in [1.54, 1.807) is 0 Å². The molecule has 0 spiro atoms. The average Bonchev–Trinajstić information content (AvgIpc) is 2.88. The molecular weight excluding hydrogens is 240 g/mol. The molecule has 5 nitrogen and oxygen atoms in total. The predicted octanol–water partition coefficient (Wildman–Crippen LogP) is 1.69. The number of rotatable bonds is 6. The van der Waals surface area contributed by atoms with Crippen molar-refractivity contribution in [1.82, 2.24) is 20.2 Å². The molecule has 108 valence electrons. The van der Waals surface area contributed by atoms with E-state index >= 15 is 0 Å². The molecule has 2 N–H and O–H groups in total. The van der Waals surface area contributed by atoms with Gasteiger partial charge in [0.25, 0.3) is 0 Å². The molecule has 1 saturated heterocycles. The Hall–Kier alpha value is -0.910. The van der Waals surface area contributed by atoms with Crippen LogP contribution in [-0.4, -0.2) is 47.2 Å². The summed E-state index contributed by atoms with van der Waals surface area (Å²) in [5.74, 6) is 0.957. The SMILES string of the molecule is CCCNCc1cnc(C2CN(C(C)C)CCO2)[nH]1. The summed E-state index contributed by atoms with van der Waals surface area (Å²) in [4.78, 5) is 10.3. The molecule has 0 amide bonds. The second-order valence-corrected chi connectivity index (χ2v) is 5.42. The van der Waals surface area contributed by atoms with Crippen molar-refractivity contribution in [2.75, 3.05) is 26.2 Å². The number of H-pyrrole nitrogens is 1. The van der Waals surface area contributed by atoms with E-state index in [1.165, 1.54) is 0 Å². The van der Waals surface area contributed by atoms with Gasteiger partial charge in [0.15, 0.2) is 0 Å². The van der Waals surface area contributed by atoms with Gasteiger partial charge in [-0.05, 0) is 26.8 Å². The fourth-order valence-corrected chi connectivity index (χ4v) is 2.33. The number of morpholine rings is 1. The first-order valence-electron chi connectivity index (χ1n) is 7.30. The van der Waals surface area contributed by atoms with Crippen molar-refractivity contribution in [2.45, 2.75) is 45.9 Å². The monoisotopic (exact) mass is 266 g/mol. The van der Waals surface area contributed by atoms with E-state index in [0.29, 0.717) is 6.04 Å². The average molecular weight is 266 g/mol. The largest absolute Gasteiger partial charge is 0.368 e. The van der Waals surface area contributed by atoms with Crippen molar-refractivity contribution >= 4 is 0 Å². The van der Waals surface area contributed by atoms with Crippen molar-refractivity contribution in [2.24, 2.45) is 0 Å². The summed E-state index contributed by atoms with van der Waals surface area (Å²) in [6, 6.07) is 0.562. The van der Waals surface area contributed by atoms with Crippen LogP contribution in [0.2, 0.25) is 0 Å². The third-order valence-electron chi connectivity index (χ3n) is 3.52. The zero-order valence-electron chi connectivity index (χ0n) is 12.3. The Morgan fingerprint density at radius 3 is 3.16 bits per heavy atom. The van der Waals surface area contributed by atoms with Crippen LogP contribution in [0.3, 0.4) is 0 Å². The van der Waals surface area contributed by atoms with E-state index in [1.807, 2.05) is 6.20 Å². The van der Waals surface area contributed by atoms with Crippen LogP contribution in [0.25, 0.3) is 0 Å². The van der Waals surface area contributed by atoms with Crippen LogP contribution in [-0.2, 0) is 11.3 Å². The topological polar surface area (TPSA) is 53.2 Å². The van der Waals surface area contributed by atoms with Gasteiger partial charge in [-0.25, -0.2) is 4.98 Å². The van der Waals surface area contributed by atoms with E-state index in [9.17, 15) is 0 Å². The van der Waals surface area contributed by atoms with Crippen molar-refractivity contribution in [1.29, 1.82) is 0 Å². The standard InChI is InChI=1S/C14H26N4O/c1-4-5-15-8-12-9-16-14(17-12)13-10-18(11(2)3)6-7-19-13/h9,11,13,15H,4-8,10H2,1-3H3,(H,16,17). The van der Waals surface area contributed by atoms with Gasteiger partial charge in [-0.3, -0.25) is 4.90 Å². The lowest BCUT2D eigenvalue weighted by molar-refractivity contribution is -0.0439. The summed E-state index contributed by atoms with van der Waals surface area (Å²) < 4.78 is 5.83. The van der Waals surface area contributed by atoms with E-state index in [0.717, 1.165) is 50.7 Å². The van der Waals surface area contributed by atoms with Gasteiger partial charge in [0.05, 0.1) is 6.61 Å². The number of hydrogen-bond acceptors (Lipinski definition) is 4. The zero-order valence-corrected chi connectivity index (χ0v) is 12.3. The number of aromatic amines is 1. The van der Waals surface area contributed by atoms with Gasteiger partial charge in [-0.1, -0.05) is 6.92 Å². The Bertz CT molecular complexity index is 377. The summed E-state index contributed by atoms with van der Waals surface area (Å²) in [6.07, 6.45) is 3.14.